The lowest BCUT2D eigenvalue weighted by Crippen LogP contribution is -2.62. The lowest BCUT2D eigenvalue weighted by Gasteiger charge is -2.53. The zero-order valence-electron chi connectivity index (χ0n) is 11.1. The van der Waals surface area contributed by atoms with Gasteiger partial charge in [0.05, 0.1) is 0 Å². The van der Waals surface area contributed by atoms with Gasteiger partial charge in [0.25, 0.3) is 0 Å². The van der Waals surface area contributed by atoms with Gasteiger partial charge >= 0.3 is 0 Å². The maximum absolute atomic E-state index is 6.17. The highest BCUT2D eigenvalue weighted by atomic mass is 16.5. The fourth-order valence-corrected chi connectivity index (χ4v) is 3.03. The molecule has 1 saturated carbocycles. The van der Waals surface area contributed by atoms with E-state index in [9.17, 15) is 0 Å². The molecule has 1 fully saturated rings. The van der Waals surface area contributed by atoms with Gasteiger partial charge in [0.1, 0.15) is 11.9 Å². The van der Waals surface area contributed by atoms with Gasteiger partial charge in [0.2, 0.25) is 0 Å². The van der Waals surface area contributed by atoms with Gasteiger partial charge < -0.3 is 10.5 Å². The van der Waals surface area contributed by atoms with Gasteiger partial charge in [-0.1, -0.05) is 26.0 Å². The average Bonchev–Trinajstić information content (AvgIpc) is 2.30. The van der Waals surface area contributed by atoms with E-state index in [2.05, 4.69) is 32.9 Å². The minimum absolute atomic E-state index is 0.184. The number of ether oxygens (including phenoxy) is 1. The zero-order valence-corrected chi connectivity index (χ0v) is 11.1. The summed E-state index contributed by atoms with van der Waals surface area (Å²) >= 11 is 0. The topological polar surface area (TPSA) is 35.2 Å². The van der Waals surface area contributed by atoms with Crippen molar-refractivity contribution in [2.24, 2.45) is 11.1 Å². The Morgan fingerprint density at radius 2 is 2.06 bits per heavy atom. The molecule has 0 heterocycles. The summed E-state index contributed by atoms with van der Waals surface area (Å²) in [5, 5.41) is 0. The Labute approximate surface area is 104 Å². The lowest BCUT2D eigenvalue weighted by molar-refractivity contribution is -0.0722. The van der Waals surface area contributed by atoms with E-state index >= 15 is 0 Å². The summed E-state index contributed by atoms with van der Waals surface area (Å²) in [6, 6.07) is 8.56. The van der Waals surface area contributed by atoms with E-state index < -0.39 is 0 Å². The van der Waals surface area contributed by atoms with Crippen molar-refractivity contribution in [2.45, 2.75) is 52.2 Å². The fourth-order valence-electron chi connectivity index (χ4n) is 3.03. The first kappa shape index (κ1) is 12.4. The van der Waals surface area contributed by atoms with Crippen molar-refractivity contribution < 1.29 is 4.74 Å². The van der Waals surface area contributed by atoms with Gasteiger partial charge in [-0.3, -0.25) is 0 Å². The molecule has 0 amide bonds. The molecule has 0 radical (unpaired) electrons. The summed E-state index contributed by atoms with van der Waals surface area (Å²) in [4.78, 5) is 0. The first-order valence-electron chi connectivity index (χ1n) is 6.61. The summed E-state index contributed by atoms with van der Waals surface area (Å²) < 4.78 is 6.12. The largest absolute Gasteiger partial charge is 0.490 e. The molecule has 2 unspecified atom stereocenters. The van der Waals surface area contributed by atoms with Crippen LogP contribution in [0.4, 0.5) is 0 Å². The molecule has 0 bridgehead atoms. The van der Waals surface area contributed by atoms with Crippen LogP contribution in [0.5, 0.6) is 5.75 Å². The van der Waals surface area contributed by atoms with Crippen LogP contribution in [0, 0.1) is 12.3 Å². The fraction of sp³-hybridized carbons (Fsp3) is 0.600. The van der Waals surface area contributed by atoms with Gasteiger partial charge in [-0.2, -0.15) is 0 Å². The van der Waals surface area contributed by atoms with Crippen LogP contribution >= 0.6 is 0 Å². The molecule has 2 heteroatoms. The van der Waals surface area contributed by atoms with Gasteiger partial charge in [-0.25, -0.2) is 0 Å². The second-order valence-electron chi connectivity index (χ2n) is 5.21. The van der Waals surface area contributed by atoms with Crippen molar-refractivity contribution >= 4 is 0 Å². The van der Waals surface area contributed by atoms with Crippen molar-refractivity contribution in [3.63, 3.8) is 0 Å². The minimum atomic E-state index is 0.184. The quantitative estimate of drug-likeness (QED) is 0.866. The predicted molar refractivity (Wildman–Crippen MR) is 71.2 cm³/mol. The molecule has 94 valence electrons. The van der Waals surface area contributed by atoms with Crippen LogP contribution in [-0.2, 0) is 0 Å². The zero-order chi connectivity index (χ0) is 12.5. The summed E-state index contributed by atoms with van der Waals surface area (Å²) in [5.74, 6) is 0.980. The molecular weight excluding hydrogens is 210 g/mol. The highest BCUT2D eigenvalue weighted by Gasteiger charge is 2.52. The van der Waals surface area contributed by atoms with E-state index in [1.165, 1.54) is 5.56 Å². The van der Waals surface area contributed by atoms with E-state index in [1.807, 2.05) is 12.1 Å². The van der Waals surface area contributed by atoms with E-state index in [4.69, 9.17) is 10.5 Å². The van der Waals surface area contributed by atoms with Crippen LogP contribution in [-0.4, -0.2) is 12.1 Å². The van der Waals surface area contributed by atoms with Crippen LogP contribution in [0.3, 0.4) is 0 Å². The van der Waals surface area contributed by atoms with Crippen molar-refractivity contribution in [2.75, 3.05) is 0 Å². The number of nitrogens with two attached hydrogens (primary N) is 1. The highest BCUT2D eigenvalue weighted by Crippen LogP contribution is 2.47. The Bertz CT molecular complexity index is 384. The van der Waals surface area contributed by atoms with Crippen LogP contribution in [0.2, 0.25) is 0 Å². The van der Waals surface area contributed by atoms with Gasteiger partial charge in [0.15, 0.2) is 0 Å². The maximum atomic E-state index is 6.17. The molecule has 1 aliphatic rings. The van der Waals surface area contributed by atoms with E-state index in [-0.39, 0.29) is 11.5 Å². The van der Waals surface area contributed by atoms with Crippen LogP contribution in [0.25, 0.3) is 0 Å². The molecule has 1 aromatic rings. The number of aryl methyl sites for hydroxylation is 1. The summed E-state index contributed by atoms with van der Waals surface area (Å²) in [7, 11) is 0. The number of rotatable bonds is 4. The first-order valence-corrected chi connectivity index (χ1v) is 6.61. The molecule has 1 aliphatic carbocycles. The van der Waals surface area contributed by atoms with Gasteiger partial charge in [-0.05, 0) is 37.5 Å². The molecule has 0 aromatic heterocycles. The molecule has 2 atom stereocenters. The first-order chi connectivity index (χ1) is 8.12. The summed E-state index contributed by atoms with van der Waals surface area (Å²) in [5.41, 5.74) is 7.60. The Hall–Kier alpha value is -1.02. The minimum Gasteiger partial charge on any atom is -0.490 e. The second kappa shape index (κ2) is 4.69. The average molecular weight is 233 g/mol. The SMILES string of the molecule is CCC1(CC)C(N)CC1Oc1cccc(C)c1. The molecule has 1 aromatic carbocycles. The van der Waals surface area contributed by atoms with Gasteiger partial charge in [0, 0.05) is 17.9 Å². The van der Waals surface area contributed by atoms with Crippen molar-refractivity contribution in [3.05, 3.63) is 29.8 Å². The predicted octanol–water partition coefficient (Wildman–Crippen LogP) is 3.28. The number of hydrogen-bond acceptors (Lipinski definition) is 2. The monoisotopic (exact) mass is 233 g/mol. The maximum Gasteiger partial charge on any atom is 0.120 e. The standard InChI is InChI=1S/C15H23NO/c1-4-15(5-2)13(16)10-14(15)17-12-8-6-7-11(3)9-12/h6-9,13-14H,4-5,10,16H2,1-3H3. The Morgan fingerprint density at radius 3 is 2.59 bits per heavy atom. The second-order valence-corrected chi connectivity index (χ2v) is 5.21. The Morgan fingerprint density at radius 1 is 1.35 bits per heavy atom. The Kier molecular flexibility index (Phi) is 3.43. The molecule has 0 spiro atoms. The van der Waals surface area contributed by atoms with Crippen molar-refractivity contribution in [3.8, 4) is 5.75 Å². The van der Waals surface area contributed by atoms with Crippen LogP contribution < -0.4 is 10.5 Å². The third-order valence-electron chi connectivity index (χ3n) is 4.43. The number of hydrogen-bond donors (Lipinski definition) is 1. The molecule has 0 aliphatic heterocycles. The molecule has 2 rings (SSSR count). The normalized spacial score (nSPS) is 26.4. The van der Waals surface area contributed by atoms with Crippen LogP contribution in [0.15, 0.2) is 24.3 Å². The summed E-state index contributed by atoms with van der Waals surface area (Å²) in [6.45, 7) is 6.52. The van der Waals surface area contributed by atoms with E-state index in [1.54, 1.807) is 0 Å². The third-order valence-corrected chi connectivity index (χ3v) is 4.43. The van der Waals surface area contributed by atoms with Crippen molar-refractivity contribution in [1.29, 1.82) is 0 Å². The van der Waals surface area contributed by atoms with E-state index in [0.29, 0.717) is 6.04 Å². The molecule has 0 saturated heterocycles. The molecular formula is C15H23NO. The summed E-state index contributed by atoms with van der Waals surface area (Å²) in [6.07, 6.45) is 3.46. The third kappa shape index (κ3) is 2.06. The molecule has 17 heavy (non-hydrogen) atoms. The highest BCUT2D eigenvalue weighted by molar-refractivity contribution is 5.28. The van der Waals surface area contributed by atoms with Gasteiger partial charge in [-0.15, -0.1) is 0 Å². The molecule has 2 N–H and O–H groups in total. The smallest absolute Gasteiger partial charge is 0.120 e. The van der Waals surface area contributed by atoms with Crippen LogP contribution in [0.1, 0.15) is 38.7 Å². The number of benzene rings is 1. The van der Waals surface area contributed by atoms with E-state index in [0.717, 1.165) is 25.0 Å². The lowest BCUT2D eigenvalue weighted by atomic mass is 9.59. The van der Waals surface area contributed by atoms with Crippen molar-refractivity contribution in [1.82, 2.24) is 0 Å². The molecule has 2 nitrogen and oxygen atoms in total. The Balaban J connectivity index is 2.10.